The van der Waals surface area contributed by atoms with Crippen LogP contribution in [0.3, 0.4) is 0 Å². The zero-order valence-corrected chi connectivity index (χ0v) is 13.8. The summed E-state index contributed by atoms with van der Waals surface area (Å²) < 4.78 is 81.4. The van der Waals surface area contributed by atoms with Gasteiger partial charge in [-0.15, -0.1) is 10.2 Å². The van der Waals surface area contributed by atoms with Gasteiger partial charge in [-0.2, -0.15) is 22.0 Å². The molecule has 2 aromatic heterocycles. The van der Waals surface area contributed by atoms with Crippen LogP contribution in [0.4, 0.5) is 32.3 Å². The first-order chi connectivity index (χ1) is 13.2. The smallest absolute Gasteiger partial charge is 0.391 e. The van der Waals surface area contributed by atoms with E-state index in [1.807, 2.05) is 0 Å². The molecular weight excluding hydrogens is 392 g/mol. The predicted molar refractivity (Wildman–Crippen MR) is 83.7 cm³/mol. The summed E-state index contributed by atoms with van der Waals surface area (Å²) in [6.45, 7) is 0. The van der Waals surface area contributed by atoms with E-state index in [0.29, 0.717) is 0 Å². The number of alkyl halides is 5. The highest BCUT2D eigenvalue weighted by atomic mass is 19.4. The molecule has 0 saturated carbocycles. The Morgan fingerprint density at radius 2 is 1.64 bits per heavy atom. The quantitative estimate of drug-likeness (QED) is 0.601. The van der Waals surface area contributed by atoms with Crippen LogP contribution in [0.1, 0.15) is 30.3 Å². The van der Waals surface area contributed by atoms with Crippen LogP contribution < -0.4 is 5.32 Å². The fraction of sp³-hybridized carbons (Fsp3) is 0.250. The molecule has 0 saturated heterocycles. The number of halogens is 6. The maximum atomic E-state index is 13.0. The first-order valence-corrected chi connectivity index (χ1v) is 7.74. The zero-order valence-electron chi connectivity index (χ0n) is 13.8. The monoisotopic (exact) mass is 403 g/mol. The maximum absolute atomic E-state index is 13.0. The topological polar surface area (TPSA) is 76.7 Å². The molecule has 1 N–H and O–H groups in total. The van der Waals surface area contributed by atoms with Crippen molar-refractivity contribution in [2.45, 2.75) is 25.1 Å². The highest BCUT2D eigenvalue weighted by Gasteiger charge is 2.33. The molecule has 148 valence electrons. The lowest BCUT2D eigenvalue weighted by atomic mass is 10.0. The van der Waals surface area contributed by atoms with Crippen LogP contribution >= 0.6 is 0 Å². The molecule has 0 spiro atoms. The predicted octanol–water partition coefficient (Wildman–Crippen LogP) is 4.71. The van der Waals surface area contributed by atoms with Crippen molar-refractivity contribution in [2.75, 3.05) is 5.32 Å². The van der Waals surface area contributed by atoms with E-state index in [1.165, 1.54) is 12.1 Å². The average molecular weight is 403 g/mol. The Balaban J connectivity index is 1.79. The van der Waals surface area contributed by atoms with Gasteiger partial charge in [0, 0.05) is 12.4 Å². The van der Waals surface area contributed by atoms with Gasteiger partial charge < -0.3 is 9.73 Å². The summed E-state index contributed by atoms with van der Waals surface area (Å²) in [6, 6.07) is 3.26. The number of hydrogen-bond donors (Lipinski definition) is 1. The van der Waals surface area contributed by atoms with Crippen molar-refractivity contribution >= 4 is 5.95 Å². The van der Waals surface area contributed by atoms with Crippen molar-refractivity contribution in [3.8, 4) is 11.5 Å². The van der Waals surface area contributed by atoms with Gasteiger partial charge in [-0.25, -0.2) is 14.4 Å². The number of benzene rings is 1. The minimum absolute atomic E-state index is 0.110. The molecule has 0 aliphatic rings. The van der Waals surface area contributed by atoms with Gasteiger partial charge >= 0.3 is 12.6 Å². The molecule has 2 heterocycles. The third-order valence-electron chi connectivity index (χ3n) is 3.54. The van der Waals surface area contributed by atoms with Crippen molar-refractivity contribution < 1.29 is 30.8 Å². The molecule has 3 aromatic rings. The van der Waals surface area contributed by atoms with E-state index < -0.39 is 36.8 Å². The summed E-state index contributed by atoms with van der Waals surface area (Å²) in [7, 11) is 0. The number of rotatable bonds is 6. The molecule has 6 nitrogen and oxygen atoms in total. The largest absolute Gasteiger partial charge is 0.415 e. The van der Waals surface area contributed by atoms with E-state index in [0.717, 1.165) is 24.5 Å². The first-order valence-electron chi connectivity index (χ1n) is 7.74. The number of hydrogen-bond acceptors (Lipinski definition) is 6. The fourth-order valence-corrected chi connectivity index (χ4v) is 2.29. The summed E-state index contributed by atoms with van der Waals surface area (Å²) in [6.07, 6.45) is -6.42. The molecule has 0 fully saturated rings. The molecule has 0 aliphatic carbocycles. The van der Waals surface area contributed by atoms with E-state index in [9.17, 15) is 26.3 Å². The highest BCUT2D eigenvalue weighted by molar-refractivity contribution is 5.50. The Morgan fingerprint density at radius 3 is 2.18 bits per heavy atom. The van der Waals surface area contributed by atoms with Gasteiger partial charge in [0.2, 0.25) is 5.95 Å². The number of anilines is 1. The van der Waals surface area contributed by atoms with E-state index in [-0.39, 0.29) is 23.0 Å². The molecule has 0 radical (unpaired) electrons. The summed E-state index contributed by atoms with van der Waals surface area (Å²) in [5.74, 6) is -1.88. The van der Waals surface area contributed by atoms with E-state index in [2.05, 4.69) is 25.5 Å². The van der Waals surface area contributed by atoms with Gasteiger partial charge in [0.05, 0.1) is 18.0 Å². The summed E-state index contributed by atoms with van der Waals surface area (Å²) in [5.41, 5.74) is 0.295. The van der Waals surface area contributed by atoms with Gasteiger partial charge in [0.1, 0.15) is 5.82 Å². The highest BCUT2D eigenvalue weighted by Crippen LogP contribution is 2.32. The number of aromatic nitrogens is 4. The molecule has 0 bridgehead atoms. The van der Waals surface area contributed by atoms with Crippen molar-refractivity contribution in [1.82, 2.24) is 20.2 Å². The minimum atomic E-state index is -4.50. The van der Waals surface area contributed by atoms with Crippen molar-refractivity contribution in [1.29, 1.82) is 0 Å². The molecule has 28 heavy (non-hydrogen) atoms. The van der Waals surface area contributed by atoms with Gasteiger partial charge in [0.25, 0.3) is 11.8 Å². The van der Waals surface area contributed by atoms with E-state index in [4.69, 9.17) is 4.42 Å². The van der Waals surface area contributed by atoms with Gasteiger partial charge in [0.15, 0.2) is 0 Å². The third-order valence-corrected chi connectivity index (χ3v) is 3.54. The average Bonchev–Trinajstić information content (AvgIpc) is 3.12. The Bertz CT molecular complexity index is 911. The van der Waals surface area contributed by atoms with Crippen LogP contribution in [0.5, 0.6) is 0 Å². The molecular formula is C16H11F6N5O. The molecule has 0 amide bonds. The van der Waals surface area contributed by atoms with Gasteiger partial charge in [-0.3, -0.25) is 0 Å². The second-order valence-corrected chi connectivity index (χ2v) is 5.61. The van der Waals surface area contributed by atoms with Gasteiger partial charge in [-0.05, 0) is 17.7 Å². The van der Waals surface area contributed by atoms with Crippen molar-refractivity contribution in [2.24, 2.45) is 0 Å². The summed E-state index contributed by atoms with van der Waals surface area (Å²) in [5, 5.41) is 9.10. The van der Waals surface area contributed by atoms with Crippen LogP contribution in [0.15, 0.2) is 41.1 Å². The molecule has 12 heteroatoms. The van der Waals surface area contributed by atoms with Crippen LogP contribution in [0.25, 0.3) is 11.5 Å². The SMILES string of the molecule is Fc1ccc([C@H](CC(F)(F)F)Nc2ncc(-c3nnc(C(F)F)o3)cn2)cc1. The lowest BCUT2D eigenvalue weighted by molar-refractivity contribution is -0.137. The lowest BCUT2D eigenvalue weighted by Gasteiger charge is -2.20. The summed E-state index contributed by atoms with van der Waals surface area (Å²) >= 11 is 0. The molecule has 0 aliphatic heterocycles. The van der Waals surface area contributed by atoms with Crippen LogP contribution in [0, 0.1) is 5.82 Å². The molecule has 1 atom stereocenters. The number of nitrogens with zero attached hydrogens (tertiary/aromatic N) is 4. The Hall–Kier alpha value is -3.18. The second kappa shape index (κ2) is 7.82. The second-order valence-electron chi connectivity index (χ2n) is 5.61. The van der Waals surface area contributed by atoms with E-state index >= 15 is 0 Å². The van der Waals surface area contributed by atoms with Crippen molar-refractivity contribution in [3.63, 3.8) is 0 Å². The normalized spacial score (nSPS) is 13.0. The lowest BCUT2D eigenvalue weighted by Crippen LogP contribution is -2.21. The zero-order chi connectivity index (χ0) is 20.3. The first kappa shape index (κ1) is 19.6. The molecule has 0 unspecified atom stereocenters. The third kappa shape index (κ3) is 4.96. The summed E-state index contributed by atoms with van der Waals surface area (Å²) in [4.78, 5) is 7.69. The molecule has 3 rings (SSSR count). The Labute approximate surface area is 153 Å². The van der Waals surface area contributed by atoms with Crippen molar-refractivity contribution in [3.05, 3.63) is 53.9 Å². The van der Waals surface area contributed by atoms with E-state index in [1.54, 1.807) is 0 Å². The Morgan fingerprint density at radius 1 is 1.00 bits per heavy atom. The minimum Gasteiger partial charge on any atom is -0.415 e. The van der Waals surface area contributed by atoms with Crippen LogP contribution in [0.2, 0.25) is 0 Å². The van der Waals surface area contributed by atoms with Crippen LogP contribution in [-0.4, -0.2) is 26.3 Å². The van der Waals surface area contributed by atoms with Gasteiger partial charge in [-0.1, -0.05) is 12.1 Å². The maximum Gasteiger partial charge on any atom is 0.391 e. The Kier molecular flexibility index (Phi) is 5.47. The fourth-order valence-electron chi connectivity index (χ4n) is 2.29. The molecule has 1 aromatic carbocycles. The number of nitrogens with one attached hydrogen (secondary N) is 1. The van der Waals surface area contributed by atoms with Crippen LogP contribution in [-0.2, 0) is 0 Å². The standard InChI is InChI=1S/C16H11F6N5O/c17-10-3-1-8(2-4-10)11(5-16(20,21)22)25-15-23-6-9(7-24-15)13-26-27-14(28-13)12(18)19/h1-4,6-7,11-12H,5H2,(H,23,24,25)/t11-/m0/s1.